The van der Waals surface area contributed by atoms with Gasteiger partial charge in [0, 0.05) is 5.02 Å². The molecular formula is C12H13Cl2NO4. The molecule has 0 unspecified atom stereocenters. The van der Waals surface area contributed by atoms with Gasteiger partial charge in [-0.25, -0.2) is 4.79 Å². The predicted octanol–water partition coefficient (Wildman–Crippen LogP) is 1.65. The summed E-state index contributed by atoms with van der Waals surface area (Å²) in [6.07, 6.45) is -1.09. The number of esters is 1. The fourth-order valence-corrected chi connectivity index (χ4v) is 1.89. The number of rotatable bonds is 4. The van der Waals surface area contributed by atoms with E-state index < -0.39 is 24.0 Å². The minimum atomic E-state index is -1.16. The van der Waals surface area contributed by atoms with Gasteiger partial charge in [0.25, 0.3) is 5.91 Å². The molecule has 0 spiro atoms. The van der Waals surface area contributed by atoms with E-state index in [9.17, 15) is 14.7 Å². The molecule has 0 fully saturated rings. The van der Waals surface area contributed by atoms with Crippen molar-refractivity contribution in [2.24, 2.45) is 0 Å². The van der Waals surface area contributed by atoms with Crippen molar-refractivity contribution in [1.82, 2.24) is 5.32 Å². The molecule has 19 heavy (non-hydrogen) atoms. The molecule has 1 rings (SSSR count). The highest BCUT2D eigenvalue weighted by Gasteiger charge is 2.27. The zero-order valence-electron chi connectivity index (χ0n) is 10.3. The van der Waals surface area contributed by atoms with E-state index in [4.69, 9.17) is 23.2 Å². The molecule has 1 aromatic rings. The lowest BCUT2D eigenvalue weighted by molar-refractivity contribution is -0.145. The Balaban J connectivity index is 2.91. The van der Waals surface area contributed by atoms with Crippen LogP contribution < -0.4 is 5.32 Å². The third-order valence-corrected chi connectivity index (χ3v) is 2.95. The molecule has 0 aliphatic carbocycles. The average Bonchev–Trinajstić information content (AvgIpc) is 2.34. The Morgan fingerprint density at radius 1 is 1.37 bits per heavy atom. The second kappa shape index (κ2) is 6.75. The Kier molecular flexibility index (Phi) is 5.60. The van der Waals surface area contributed by atoms with Crippen molar-refractivity contribution < 1.29 is 19.4 Å². The van der Waals surface area contributed by atoms with Crippen molar-refractivity contribution in [3.63, 3.8) is 0 Å². The largest absolute Gasteiger partial charge is 0.467 e. The number of methoxy groups -OCH3 is 1. The average molecular weight is 306 g/mol. The van der Waals surface area contributed by atoms with E-state index >= 15 is 0 Å². The van der Waals surface area contributed by atoms with Gasteiger partial charge in [-0.3, -0.25) is 4.79 Å². The maximum Gasteiger partial charge on any atom is 0.331 e. The number of nitrogens with one attached hydrogen (secondary N) is 1. The van der Waals surface area contributed by atoms with Crippen LogP contribution in [0.25, 0.3) is 0 Å². The van der Waals surface area contributed by atoms with E-state index in [1.54, 1.807) is 0 Å². The van der Waals surface area contributed by atoms with Crippen LogP contribution in [0, 0.1) is 0 Å². The fourth-order valence-electron chi connectivity index (χ4n) is 1.40. The van der Waals surface area contributed by atoms with Gasteiger partial charge in [-0.15, -0.1) is 0 Å². The highest BCUT2D eigenvalue weighted by molar-refractivity contribution is 6.36. The van der Waals surface area contributed by atoms with Crippen LogP contribution in [0.4, 0.5) is 0 Å². The number of benzene rings is 1. The summed E-state index contributed by atoms with van der Waals surface area (Å²) in [4.78, 5) is 23.4. The van der Waals surface area contributed by atoms with Gasteiger partial charge in [-0.2, -0.15) is 0 Å². The summed E-state index contributed by atoms with van der Waals surface area (Å²) >= 11 is 11.6. The smallest absolute Gasteiger partial charge is 0.331 e. The number of aliphatic hydroxyl groups excluding tert-OH is 1. The Bertz CT molecular complexity index is 491. The molecule has 0 saturated carbocycles. The first-order valence-electron chi connectivity index (χ1n) is 5.38. The number of hydrogen-bond donors (Lipinski definition) is 2. The molecule has 0 bridgehead atoms. The number of carbonyl (C=O) groups is 2. The number of hydrogen-bond acceptors (Lipinski definition) is 4. The number of aliphatic hydroxyl groups is 1. The van der Waals surface area contributed by atoms with Gasteiger partial charge in [0.05, 0.1) is 23.8 Å². The van der Waals surface area contributed by atoms with Gasteiger partial charge in [0.2, 0.25) is 0 Å². The van der Waals surface area contributed by atoms with Crippen LogP contribution >= 0.6 is 23.2 Å². The van der Waals surface area contributed by atoms with Crippen LogP contribution in [0.1, 0.15) is 17.3 Å². The van der Waals surface area contributed by atoms with Crippen LogP contribution in [0.15, 0.2) is 18.2 Å². The topological polar surface area (TPSA) is 75.6 Å². The Hall–Kier alpha value is -1.30. The first-order valence-corrected chi connectivity index (χ1v) is 6.14. The van der Waals surface area contributed by atoms with E-state index in [1.165, 1.54) is 32.2 Å². The molecule has 0 aromatic heterocycles. The van der Waals surface area contributed by atoms with Crippen LogP contribution in [-0.4, -0.2) is 36.2 Å². The summed E-state index contributed by atoms with van der Waals surface area (Å²) < 4.78 is 4.49. The molecule has 0 aliphatic heterocycles. The van der Waals surface area contributed by atoms with Crippen molar-refractivity contribution in [3.05, 3.63) is 33.8 Å². The van der Waals surface area contributed by atoms with Crippen LogP contribution in [0.2, 0.25) is 10.0 Å². The molecule has 7 heteroatoms. The minimum Gasteiger partial charge on any atom is -0.467 e. The first-order chi connectivity index (χ1) is 8.86. The fraction of sp³-hybridized carbons (Fsp3) is 0.333. The molecule has 5 nitrogen and oxygen atoms in total. The minimum absolute atomic E-state index is 0.152. The van der Waals surface area contributed by atoms with Crippen molar-refractivity contribution in [1.29, 1.82) is 0 Å². The number of halogens is 2. The van der Waals surface area contributed by atoms with Crippen LogP contribution in [0.3, 0.4) is 0 Å². The normalized spacial score (nSPS) is 13.5. The van der Waals surface area contributed by atoms with Crippen molar-refractivity contribution in [2.45, 2.75) is 19.1 Å². The number of amides is 1. The molecule has 0 aliphatic rings. The lowest BCUT2D eigenvalue weighted by Crippen LogP contribution is -2.48. The summed E-state index contributed by atoms with van der Waals surface area (Å²) in [5, 5.41) is 12.3. The maximum absolute atomic E-state index is 12.0. The van der Waals surface area contributed by atoms with Gasteiger partial charge < -0.3 is 15.2 Å². The second-order valence-corrected chi connectivity index (χ2v) is 4.68. The van der Waals surface area contributed by atoms with Crippen LogP contribution in [-0.2, 0) is 9.53 Å². The highest BCUT2D eigenvalue weighted by atomic mass is 35.5. The molecule has 0 heterocycles. The Morgan fingerprint density at radius 2 is 2.00 bits per heavy atom. The van der Waals surface area contributed by atoms with E-state index in [0.29, 0.717) is 5.02 Å². The quantitative estimate of drug-likeness (QED) is 0.829. The molecule has 2 atom stereocenters. The highest BCUT2D eigenvalue weighted by Crippen LogP contribution is 2.21. The van der Waals surface area contributed by atoms with E-state index in [-0.39, 0.29) is 10.6 Å². The van der Waals surface area contributed by atoms with Gasteiger partial charge in [0.1, 0.15) is 0 Å². The maximum atomic E-state index is 12.0. The lowest BCUT2D eigenvalue weighted by atomic mass is 10.1. The summed E-state index contributed by atoms with van der Waals surface area (Å²) in [5.74, 6) is -1.34. The zero-order valence-corrected chi connectivity index (χ0v) is 11.8. The summed E-state index contributed by atoms with van der Waals surface area (Å²) in [5.41, 5.74) is 0.153. The molecule has 1 amide bonds. The monoisotopic (exact) mass is 305 g/mol. The first kappa shape index (κ1) is 15.8. The molecule has 2 N–H and O–H groups in total. The molecule has 104 valence electrons. The summed E-state index contributed by atoms with van der Waals surface area (Å²) in [7, 11) is 1.17. The third-order valence-electron chi connectivity index (χ3n) is 2.40. The van der Waals surface area contributed by atoms with Gasteiger partial charge in [-0.05, 0) is 25.1 Å². The Labute approximate surface area is 120 Å². The van der Waals surface area contributed by atoms with Crippen LogP contribution in [0.5, 0.6) is 0 Å². The van der Waals surface area contributed by atoms with E-state index in [0.717, 1.165) is 0 Å². The number of ether oxygens (including phenoxy) is 1. The van der Waals surface area contributed by atoms with E-state index in [2.05, 4.69) is 10.1 Å². The molecule has 0 saturated heterocycles. The molecule has 1 aromatic carbocycles. The standard InChI is InChI=1S/C12H13Cl2NO4/c1-6(16)10(12(18)19-2)15-11(17)8-4-3-7(13)5-9(8)14/h3-6,10,16H,1-2H3,(H,15,17)/t6-,10+/m0/s1. The number of carbonyl (C=O) groups excluding carboxylic acids is 2. The van der Waals surface area contributed by atoms with Gasteiger partial charge in [-0.1, -0.05) is 23.2 Å². The summed E-state index contributed by atoms with van der Waals surface area (Å²) in [6, 6.07) is 3.17. The zero-order chi connectivity index (χ0) is 14.6. The second-order valence-electron chi connectivity index (χ2n) is 3.84. The Morgan fingerprint density at radius 3 is 2.47 bits per heavy atom. The van der Waals surface area contributed by atoms with Crippen molar-refractivity contribution in [2.75, 3.05) is 7.11 Å². The SMILES string of the molecule is COC(=O)[C@H](NC(=O)c1ccc(Cl)cc1Cl)[C@H](C)O. The predicted molar refractivity (Wildman–Crippen MR) is 71.4 cm³/mol. The summed E-state index contributed by atoms with van der Waals surface area (Å²) in [6.45, 7) is 1.37. The third kappa shape index (κ3) is 4.09. The lowest BCUT2D eigenvalue weighted by Gasteiger charge is -2.19. The van der Waals surface area contributed by atoms with E-state index in [1.807, 2.05) is 0 Å². The molecular weight excluding hydrogens is 293 g/mol. The van der Waals surface area contributed by atoms with Gasteiger partial charge in [0.15, 0.2) is 6.04 Å². The van der Waals surface area contributed by atoms with Crippen molar-refractivity contribution in [3.8, 4) is 0 Å². The van der Waals surface area contributed by atoms with Gasteiger partial charge >= 0.3 is 5.97 Å². The molecule has 0 radical (unpaired) electrons. The van der Waals surface area contributed by atoms with Crippen molar-refractivity contribution >= 4 is 35.1 Å².